The Hall–Kier alpha value is -3.04. The van der Waals surface area contributed by atoms with Crippen LogP contribution in [0.1, 0.15) is 54.8 Å². The van der Waals surface area contributed by atoms with Gasteiger partial charge in [0.2, 0.25) is 0 Å². The molecule has 0 unspecified atom stereocenters. The number of rotatable bonds is 4. The van der Waals surface area contributed by atoms with Gasteiger partial charge in [0.05, 0.1) is 33.2 Å². The summed E-state index contributed by atoms with van der Waals surface area (Å²) >= 11 is 1.81. The van der Waals surface area contributed by atoms with Gasteiger partial charge in [-0.1, -0.05) is 19.9 Å². The molecule has 9 heteroatoms. The topological polar surface area (TPSA) is 104 Å². The standard InChI is InChI=1S/C28H34N6O2S/c1-4-16-9-18(11-30-25(16)29)31-26(35)28(36)34-12-15(2)5-7-22(34)17-6-8-23-21(10-17)32-27(37-23)24-19-13-33(3)14-20(19)24/h6,8-11,15,19-20,22,24H,4-5,7,12-14H2,1-3H3,(H2,29,30)(H,31,35)/t15-,19-,20+,22+,24-/m0/s1. The van der Waals surface area contributed by atoms with E-state index in [9.17, 15) is 9.59 Å². The van der Waals surface area contributed by atoms with E-state index >= 15 is 0 Å². The molecule has 6 rings (SSSR count). The zero-order valence-electron chi connectivity index (χ0n) is 21.6. The zero-order chi connectivity index (χ0) is 25.8. The maximum Gasteiger partial charge on any atom is 0.313 e. The molecule has 2 amide bonds. The molecule has 2 aliphatic heterocycles. The van der Waals surface area contributed by atoms with Crippen LogP contribution in [0.3, 0.4) is 0 Å². The number of anilines is 2. The number of thiazole rings is 1. The number of nitrogen functional groups attached to an aromatic ring is 1. The van der Waals surface area contributed by atoms with Crippen molar-refractivity contribution in [1.29, 1.82) is 0 Å². The number of fused-ring (bicyclic) bond motifs is 2. The molecule has 2 saturated heterocycles. The number of nitrogens with two attached hydrogens (primary N) is 1. The van der Waals surface area contributed by atoms with Crippen LogP contribution in [0.2, 0.25) is 0 Å². The van der Waals surface area contributed by atoms with Gasteiger partial charge in [0.1, 0.15) is 5.82 Å². The highest BCUT2D eigenvalue weighted by atomic mass is 32.1. The summed E-state index contributed by atoms with van der Waals surface area (Å²) in [6.07, 6.45) is 4.03. The number of piperidine rings is 2. The second-order valence-electron chi connectivity index (χ2n) is 11.1. The number of carbonyl (C=O) groups is 2. The molecule has 0 radical (unpaired) electrons. The van der Waals surface area contributed by atoms with Gasteiger partial charge in [-0.2, -0.15) is 0 Å². The number of hydrogen-bond donors (Lipinski definition) is 2. The van der Waals surface area contributed by atoms with Gasteiger partial charge in [-0.15, -0.1) is 11.3 Å². The highest BCUT2D eigenvalue weighted by molar-refractivity contribution is 7.18. The third-order valence-electron chi connectivity index (χ3n) is 8.39. The van der Waals surface area contributed by atoms with Gasteiger partial charge in [-0.3, -0.25) is 9.59 Å². The number of likely N-dealkylation sites (tertiary alicyclic amines) is 2. The lowest BCUT2D eigenvalue weighted by Crippen LogP contribution is -2.46. The quantitative estimate of drug-likeness (QED) is 0.505. The van der Waals surface area contributed by atoms with Crippen molar-refractivity contribution in [2.75, 3.05) is 37.7 Å². The lowest BCUT2D eigenvalue weighted by molar-refractivity contribution is -0.146. The van der Waals surface area contributed by atoms with E-state index in [-0.39, 0.29) is 6.04 Å². The maximum absolute atomic E-state index is 13.4. The van der Waals surface area contributed by atoms with Crippen LogP contribution in [0.15, 0.2) is 30.5 Å². The van der Waals surface area contributed by atoms with Crippen molar-refractivity contribution in [3.63, 3.8) is 0 Å². The highest BCUT2D eigenvalue weighted by Gasteiger charge is 2.56. The van der Waals surface area contributed by atoms with Crippen LogP contribution in [0.25, 0.3) is 10.2 Å². The zero-order valence-corrected chi connectivity index (χ0v) is 22.4. The molecule has 3 aliphatic rings. The number of carbonyl (C=O) groups excluding carboxylic acids is 2. The van der Waals surface area contributed by atoms with E-state index in [1.165, 1.54) is 29.0 Å². The molecule has 2 aromatic heterocycles. The van der Waals surface area contributed by atoms with Crippen LogP contribution >= 0.6 is 11.3 Å². The van der Waals surface area contributed by atoms with E-state index in [4.69, 9.17) is 10.7 Å². The molecule has 1 aliphatic carbocycles. The molecular formula is C28H34N6O2S. The first-order valence-electron chi connectivity index (χ1n) is 13.3. The average molecular weight is 519 g/mol. The van der Waals surface area contributed by atoms with E-state index in [2.05, 4.69) is 47.4 Å². The maximum atomic E-state index is 13.4. The fraction of sp³-hybridized carbons (Fsp3) is 0.500. The predicted octanol–water partition coefficient (Wildman–Crippen LogP) is 4.05. The average Bonchev–Trinajstić information content (AvgIpc) is 3.19. The molecule has 1 aromatic carbocycles. The van der Waals surface area contributed by atoms with E-state index < -0.39 is 11.8 Å². The van der Waals surface area contributed by atoms with Crippen LogP contribution in [0, 0.1) is 17.8 Å². The van der Waals surface area contributed by atoms with E-state index in [1.807, 2.05) is 18.3 Å². The Balaban J connectivity index is 1.22. The second-order valence-corrected chi connectivity index (χ2v) is 12.1. The number of aryl methyl sites for hydroxylation is 1. The number of pyridine rings is 1. The molecular weight excluding hydrogens is 484 g/mol. The number of aromatic nitrogens is 2. The van der Waals surface area contributed by atoms with Crippen molar-refractivity contribution in [1.82, 2.24) is 19.8 Å². The minimum Gasteiger partial charge on any atom is -0.383 e. The van der Waals surface area contributed by atoms with Crippen LogP contribution < -0.4 is 11.1 Å². The van der Waals surface area contributed by atoms with Crippen LogP contribution in [-0.2, 0) is 16.0 Å². The summed E-state index contributed by atoms with van der Waals surface area (Å²) in [5.74, 6) is 1.72. The number of nitrogens with one attached hydrogen (secondary N) is 1. The monoisotopic (exact) mass is 518 g/mol. The van der Waals surface area contributed by atoms with Gasteiger partial charge in [-0.25, -0.2) is 9.97 Å². The first-order chi connectivity index (χ1) is 17.8. The van der Waals surface area contributed by atoms with Crippen molar-refractivity contribution in [2.45, 2.75) is 45.1 Å². The largest absolute Gasteiger partial charge is 0.383 e. The molecule has 37 heavy (non-hydrogen) atoms. The molecule has 3 N–H and O–H groups in total. The second kappa shape index (κ2) is 9.36. The Morgan fingerprint density at radius 2 is 1.95 bits per heavy atom. The first-order valence-corrected chi connectivity index (χ1v) is 14.1. The van der Waals surface area contributed by atoms with E-state index in [1.54, 1.807) is 11.0 Å². The number of amides is 2. The summed E-state index contributed by atoms with van der Waals surface area (Å²) in [4.78, 5) is 39.8. The Kier molecular flexibility index (Phi) is 6.15. The molecule has 3 aromatic rings. The van der Waals surface area contributed by atoms with Crippen molar-refractivity contribution < 1.29 is 9.59 Å². The van der Waals surface area contributed by atoms with Gasteiger partial charge >= 0.3 is 11.8 Å². The fourth-order valence-corrected chi connectivity index (χ4v) is 7.53. The lowest BCUT2D eigenvalue weighted by atomic mass is 9.89. The first kappa shape index (κ1) is 24.3. The van der Waals surface area contributed by atoms with Gasteiger partial charge < -0.3 is 20.9 Å². The summed E-state index contributed by atoms with van der Waals surface area (Å²) in [6, 6.07) is 8.03. The third kappa shape index (κ3) is 4.48. The predicted molar refractivity (Wildman–Crippen MR) is 146 cm³/mol. The molecule has 0 bridgehead atoms. The normalized spacial score (nSPS) is 27.3. The van der Waals surface area contributed by atoms with Crippen LogP contribution in [-0.4, -0.2) is 58.3 Å². The number of benzene rings is 1. The highest BCUT2D eigenvalue weighted by Crippen LogP contribution is 2.59. The molecule has 0 spiro atoms. The van der Waals surface area contributed by atoms with Gasteiger partial charge in [-0.05, 0) is 73.4 Å². The number of hydrogen-bond acceptors (Lipinski definition) is 7. The Morgan fingerprint density at radius 1 is 1.16 bits per heavy atom. The summed E-state index contributed by atoms with van der Waals surface area (Å²) < 4.78 is 1.19. The number of nitrogens with zero attached hydrogens (tertiary/aromatic N) is 4. The van der Waals surface area contributed by atoms with E-state index in [0.29, 0.717) is 36.3 Å². The van der Waals surface area contributed by atoms with Crippen molar-refractivity contribution >= 4 is 44.9 Å². The van der Waals surface area contributed by atoms with Crippen LogP contribution in [0.4, 0.5) is 11.5 Å². The summed E-state index contributed by atoms with van der Waals surface area (Å²) in [6.45, 7) is 6.99. The third-order valence-corrected chi connectivity index (χ3v) is 9.53. The SMILES string of the molecule is CCc1cc(NC(=O)C(=O)N2C[C@@H](C)CC[C@@H]2c2ccc3sc([C@@H]4[C@@H]5CN(C)C[C@@H]54)nc3c2)cnc1N. The Morgan fingerprint density at radius 3 is 2.70 bits per heavy atom. The minimum atomic E-state index is -0.644. The Labute approximate surface area is 221 Å². The minimum absolute atomic E-state index is 0.145. The Bertz CT molecular complexity index is 1360. The molecule has 194 valence electrons. The lowest BCUT2D eigenvalue weighted by Gasteiger charge is -2.38. The van der Waals surface area contributed by atoms with Crippen molar-refractivity contribution in [3.05, 3.63) is 46.6 Å². The summed E-state index contributed by atoms with van der Waals surface area (Å²) in [5.41, 5.74) is 9.27. The van der Waals surface area contributed by atoms with Crippen molar-refractivity contribution in [3.8, 4) is 0 Å². The van der Waals surface area contributed by atoms with Crippen LogP contribution in [0.5, 0.6) is 0 Å². The molecule has 5 atom stereocenters. The van der Waals surface area contributed by atoms with Gasteiger partial charge in [0.15, 0.2) is 0 Å². The summed E-state index contributed by atoms with van der Waals surface area (Å²) in [5, 5.41) is 3.99. The molecule has 1 saturated carbocycles. The van der Waals surface area contributed by atoms with E-state index in [0.717, 1.165) is 41.3 Å². The smallest absolute Gasteiger partial charge is 0.313 e. The van der Waals surface area contributed by atoms with Crippen molar-refractivity contribution in [2.24, 2.45) is 17.8 Å². The van der Waals surface area contributed by atoms with Gasteiger partial charge in [0.25, 0.3) is 0 Å². The molecule has 3 fully saturated rings. The van der Waals surface area contributed by atoms with Gasteiger partial charge in [0, 0.05) is 25.6 Å². The fourth-order valence-electron chi connectivity index (χ4n) is 6.33. The summed E-state index contributed by atoms with van der Waals surface area (Å²) in [7, 11) is 2.20. The molecule has 4 heterocycles. The molecule has 8 nitrogen and oxygen atoms in total.